The number of hydrogen-bond acceptors (Lipinski definition) is 4. The first-order chi connectivity index (χ1) is 12.8. The lowest BCUT2D eigenvalue weighted by atomic mass is 10.1. The van der Waals surface area contributed by atoms with E-state index in [-0.39, 0.29) is 29.7 Å². The van der Waals surface area contributed by atoms with Crippen LogP contribution >= 0.6 is 35.7 Å². The average molecular weight is 541 g/mol. The van der Waals surface area contributed by atoms with Crippen LogP contribution < -0.4 is 10.0 Å². The molecule has 0 saturated carbocycles. The summed E-state index contributed by atoms with van der Waals surface area (Å²) in [6.07, 6.45) is 0. The minimum absolute atomic E-state index is 0. The highest BCUT2D eigenvalue weighted by Gasteiger charge is 2.24. The third-order valence-corrected chi connectivity index (χ3v) is 7.42. The summed E-state index contributed by atoms with van der Waals surface area (Å²) >= 11 is 2.05. The van der Waals surface area contributed by atoms with E-state index in [1.165, 1.54) is 7.05 Å². The van der Waals surface area contributed by atoms with Crippen molar-refractivity contribution >= 4 is 51.7 Å². The molecule has 0 amide bonds. The van der Waals surface area contributed by atoms with Crippen LogP contribution in [0.2, 0.25) is 0 Å². The van der Waals surface area contributed by atoms with E-state index < -0.39 is 10.0 Å². The van der Waals surface area contributed by atoms with E-state index in [0.29, 0.717) is 17.7 Å². The van der Waals surface area contributed by atoms with Gasteiger partial charge in [-0.05, 0) is 31.0 Å². The molecule has 1 saturated heterocycles. The largest absolute Gasteiger partial charge is 0.357 e. The van der Waals surface area contributed by atoms with Gasteiger partial charge in [-0.3, -0.25) is 0 Å². The zero-order valence-corrected chi connectivity index (χ0v) is 21.1. The molecule has 2 rings (SSSR count). The van der Waals surface area contributed by atoms with E-state index in [4.69, 9.17) is 4.99 Å². The second-order valence-corrected chi connectivity index (χ2v) is 10.3. The second kappa shape index (κ2) is 12.2. The van der Waals surface area contributed by atoms with E-state index in [1.54, 1.807) is 0 Å². The van der Waals surface area contributed by atoms with Gasteiger partial charge >= 0.3 is 0 Å². The van der Waals surface area contributed by atoms with Crippen molar-refractivity contribution in [2.45, 2.75) is 38.3 Å². The smallest absolute Gasteiger partial charge is 0.215 e. The summed E-state index contributed by atoms with van der Waals surface area (Å²) < 4.78 is 25.9. The van der Waals surface area contributed by atoms with E-state index in [9.17, 15) is 8.42 Å². The normalized spacial score (nSPS) is 18.1. The van der Waals surface area contributed by atoms with Crippen molar-refractivity contribution in [1.82, 2.24) is 14.9 Å². The molecule has 1 fully saturated rings. The summed E-state index contributed by atoms with van der Waals surface area (Å²) in [5.41, 5.74) is 1.79. The third kappa shape index (κ3) is 8.08. The second-order valence-electron chi connectivity index (χ2n) is 7.05. The summed E-state index contributed by atoms with van der Waals surface area (Å²) in [6, 6.07) is 7.64. The lowest BCUT2D eigenvalue weighted by Crippen LogP contribution is -2.49. The van der Waals surface area contributed by atoms with E-state index in [1.807, 2.05) is 36.0 Å². The summed E-state index contributed by atoms with van der Waals surface area (Å²) in [6.45, 7) is 10.00. The van der Waals surface area contributed by atoms with Crippen LogP contribution in [0, 0.1) is 5.92 Å². The molecule has 1 aromatic rings. The lowest BCUT2D eigenvalue weighted by Gasteiger charge is -2.36. The number of guanidine groups is 1. The predicted molar refractivity (Wildman–Crippen MR) is 131 cm³/mol. The van der Waals surface area contributed by atoms with Crippen LogP contribution in [-0.4, -0.2) is 57.0 Å². The Labute approximate surface area is 191 Å². The summed E-state index contributed by atoms with van der Waals surface area (Å²) in [5, 5.41) is 4.03. The van der Waals surface area contributed by atoms with Crippen LogP contribution in [0.4, 0.5) is 0 Å². The molecule has 0 aliphatic carbocycles. The summed E-state index contributed by atoms with van der Waals surface area (Å²) in [5.74, 6) is 2.69. The van der Waals surface area contributed by atoms with E-state index >= 15 is 0 Å². The van der Waals surface area contributed by atoms with Gasteiger partial charge in [-0.2, -0.15) is 11.8 Å². The Morgan fingerprint density at radius 1 is 1.36 bits per heavy atom. The monoisotopic (exact) mass is 540 g/mol. The fraction of sp³-hybridized carbons (Fsp3) is 0.632. The van der Waals surface area contributed by atoms with Crippen molar-refractivity contribution in [3.63, 3.8) is 0 Å². The molecule has 0 radical (unpaired) electrons. The highest BCUT2D eigenvalue weighted by molar-refractivity contribution is 14.0. The SMILES string of the molecule is CCNC(=NCc1cccc(CS(=O)(=O)NC)c1)N1CCSC(C(C)C)C1.I. The minimum Gasteiger partial charge on any atom is -0.357 e. The zero-order valence-electron chi connectivity index (χ0n) is 17.1. The molecule has 1 aliphatic rings. The Bertz CT molecular complexity index is 741. The molecule has 0 bridgehead atoms. The molecule has 1 aliphatic heterocycles. The molecule has 2 N–H and O–H groups in total. The Hall–Kier alpha value is -0.520. The Morgan fingerprint density at radius 2 is 2.07 bits per heavy atom. The molecule has 0 aromatic heterocycles. The molecule has 1 unspecified atom stereocenters. The maximum atomic E-state index is 11.8. The zero-order chi connectivity index (χ0) is 19.9. The number of benzene rings is 1. The average Bonchev–Trinajstić information content (AvgIpc) is 2.65. The van der Waals surface area contributed by atoms with E-state index in [0.717, 1.165) is 42.5 Å². The number of nitrogens with zero attached hydrogens (tertiary/aromatic N) is 2. The molecule has 1 aromatic carbocycles. The number of sulfonamides is 1. The van der Waals surface area contributed by atoms with Crippen molar-refractivity contribution in [3.8, 4) is 0 Å². The topological polar surface area (TPSA) is 73.8 Å². The highest BCUT2D eigenvalue weighted by atomic mass is 127. The van der Waals surface area contributed by atoms with Crippen LogP contribution in [0.3, 0.4) is 0 Å². The Kier molecular flexibility index (Phi) is 11.2. The van der Waals surface area contributed by atoms with Gasteiger partial charge in [0.25, 0.3) is 0 Å². The van der Waals surface area contributed by atoms with Gasteiger partial charge in [0.05, 0.1) is 12.3 Å². The maximum Gasteiger partial charge on any atom is 0.215 e. The molecular formula is C19H33IN4O2S2. The van der Waals surface area contributed by atoms with Gasteiger partial charge in [-0.1, -0.05) is 38.1 Å². The maximum absolute atomic E-state index is 11.8. The minimum atomic E-state index is -3.27. The molecule has 160 valence electrons. The molecule has 9 heteroatoms. The standard InChI is InChI=1S/C19H32N4O2S2.HI/c1-5-21-19(23-9-10-26-18(13-23)15(2)3)22-12-16-7-6-8-17(11-16)14-27(24,25)20-4;/h6-8,11,15,18,20H,5,9-10,12-14H2,1-4H3,(H,21,22);1H. The highest BCUT2D eigenvalue weighted by Crippen LogP contribution is 2.25. The predicted octanol–water partition coefficient (Wildman–Crippen LogP) is 2.89. The van der Waals surface area contributed by atoms with Crippen LogP contribution in [0.1, 0.15) is 31.9 Å². The van der Waals surface area contributed by atoms with Gasteiger partial charge in [0, 0.05) is 30.6 Å². The molecule has 0 spiro atoms. The van der Waals surface area contributed by atoms with Gasteiger partial charge in [0.1, 0.15) is 0 Å². The van der Waals surface area contributed by atoms with Gasteiger partial charge in [0.15, 0.2) is 5.96 Å². The number of aliphatic imine (C=N–C) groups is 1. The number of nitrogens with one attached hydrogen (secondary N) is 2. The van der Waals surface area contributed by atoms with Crippen LogP contribution in [-0.2, 0) is 22.3 Å². The van der Waals surface area contributed by atoms with Gasteiger partial charge in [0.2, 0.25) is 10.0 Å². The van der Waals surface area contributed by atoms with Crippen molar-refractivity contribution in [3.05, 3.63) is 35.4 Å². The molecule has 6 nitrogen and oxygen atoms in total. The third-order valence-electron chi connectivity index (χ3n) is 4.54. The molecule has 1 heterocycles. The van der Waals surface area contributed by atoms with Crippen LogP contribution in [0.25, 0.3) is 0 Å². The first kappa shape index (κ1) is 25.5. The summed E-state index contributed by atoms with van der Waals surface area (Å²) in [4.78, 5) is 7.16. The number of halogens is 1. The van der Waals surface area contributed by atoms with Crippen molar-refractivity contribution in [2.24, 2.45) is 10.9 Å². The summed E-state index contributed by atoms with van der Waals surface area (Å²) in [7, 11) is -1.83. The lowest BCUT2D eigenvalue weighted by molar-refractivity contribution is 0.381. The first-order valence-electron chi connectivity index (χ1n) is 9.48. The number of rotatable bonds is 7. The molecule has 1 atom stereocenters. The van der Waals surface area contributed by atoms with Gasteiger partial charge in [-0.15, -0.1) is 24.0 Å². The molecule has 28 heavy (non-hydrogen) atoms. The molecular weight excluding hydrogens is 507 g/mol. The Morgan fingerprint density at radius 3 is 2.71 bits per heavy atom. The van der Waals surface area contributed by atoms with Crippen molar-refractivity contribution < 1.29 is 8.42 Å². The number of hydrogen-bond donors (Lipinski definition) is 2. The first-order valence-corrected chi connectivity index (χ1v) is 12.2. The van der Waals surface area contributed by atoms with E-state index in [2.05, 4.69) is 35.7 Å². The van der Waals surface area contributed by atoms with Crippen LogP contribution in [0.15, 0.2) is 29.3 Å². The quantitative estimate of drug-likeness (QED) is 0.316. The van der Waals surface area contributed by atoms with Gasteiger partial charge in [-0.25, -0.2) is 18.1 Å². The van der Waals surface area contributed by atoms with Gasteiger partial charge < -0.3 is 10.2 Å². The number of thioether (sulfide) groups is 1. The van der Waals surface area contributed by atoms with Crippen molar-refractivity contribution in [1.29, 1.82) is 0 Å². The van der Waals surface area contributed by atoms with Crippen LogP contribution in [0.5, 0.6) is 0 Å². The fourth-order valence-corrected chi connectivity index (χ4v) is 5.03. The van der Waals surface area contributed by atoms with Crippen molar-refractivity contribution in [2.75, 3.05) is 32.4 Å². The fourth-order valence-electron chi connectivity index (χ4n) is 2.97. The Balaban J connectivity index is 0.00000392.